The number of hydrogen-bond donors (Lipinski definition) is 3. The van der Waals surface area contributed by atoms with Crippen molar-refractivity contribution in [1.82, 2.24) is 29.9 Å². The molecule has 6 nitrogen and oxygen atoms in total. The molecule has 0 radical (unpaired) electrons. The molecule has 0 saturated heterocycles. The number of fused-ring (bicyclic) bond motifs is 6. The molecule has 0 spiro atoms. The minimum absolute atomic E-state index is 0.966. The molecule has 1 aromatic carbocycles. The van der Waals surface area contributed by atoms with Crippen LogP contribution in [0.4, 0.5) is 0 Å². The van der Waals surface area contributed by atoms with Crippen LogP contribution in [-0.2, 0) is 19.3 Å². The minimum atomic E-state index is 0.966. The summed E-state index contributed by atoms with van der Waals surface area (Å²) < 4.78 is 0. The average molecular weight is 409 g/mol. The fourth-order valence-corrected chi connectivity index (χ4v) is 4.31. The number of imidazole rings is 3. The van der Waals surface area contributed by atoms with Gasteiger partial charge in [0.25, 0.3) is 0 Å². The zero-order chi connectivity index (χ0) is 20.9. The first kappa shape index (κ1) is 20.9. The van der Waals surface area contributed by atoms with Crippen LogP contribution in [-0.4, -0.2) is 29.9 Å². The minimum Gasteiger partial charge on any atom is -0.340 e. The summed E-state index contributed by atoms with van der Waals surface area (Å²) in [4.78, 5) is 25.7. The van der Waals surface area contributed by atoms with Crippen LogP contribution >= 0.6 is 0 Å². The van der Waals surface area contributed by atoms with Crippen LogP contribution in [0.1, 0.15) is 96.0 Å². The van der Waals surface area contributed by atoms with E-state index in [1.54, 1.807) is 0 Å². The quantitative estimate of drug-likeness (QED) is 0.233. The number of benzene rings is 1. The van der Waals surface area contributed by atoms with Gasteiger partial charge in [0.15, 0.2) is 0 Å². The second-order valence-corrected chi connectivity index (χ2v) is 8.59. The summed E-state index contributed by atoms with van der Waals surface area (Å²) in [6, 6.07) is 0. The molecule has 0 aliphatic heterocycles. The van der Waals surface area contributed by atoms with Crippen molar-refractivity contribution in [2.24, 2.45) is 0 Å². The van der Waals surface area contributed by atoms with Crippen LogP contribution in [0.25, 0.3) is 33.1 Å². The van der Waals surface area contributed by atoms with Crippen molar-refractivity contribution >= 4 is 33.1 Å². The molecule has 3 heterocycles. The van der Waals surface area contributed by atoms with Crippen LogP contribution in [0.2, 0.25) is 0 Å². The van der Waals surface area contributed by atoms with Gasteiger partial charge in [-0.3, -0.25) is 0 Å². The normalized spacial score (nSPS) is 12.1. The van der Waals surface area contributed by atoms with E-state index in [-0.39, 0.29) is 0 Å². The Labute approximate surface area is 178 Å². The van der Waals surface area contributed by atoms with Gasteiger partial charge in [-0.25, -0.2) is 15.0 Å². The summed E-state index contributed by atoms with van der Waals surface area (Å²) in [5.74, 6) is 3.18. The van der Waals surface area contributed by atoms with Crippen molar-refractivity contribution in [1.29, 1.82) is 0 Å². The Bertz CT molecular complexity index is 863. The van der Waals surface area contributed by atoms with Gasteiger partial charge in [0.05, 0.1) is 16.6 Å². The topological polar surface area (TPSA) is 86.0 Å². The Morgan fingerprint density at radius 2 is 0.833 bits per heavy atom. The van der Waals surface area contributed by atoms with E-state index in [2.05, 4.69) is 35.7 Å². The van der Waals surface area contributed by atoms with Gasteiger partial charge in [-0.05, 0) is 19.3 Å². The lowest BCUT2D eigenvalue weighted by atomic mass is 10.2. The molecule has 0 saturated carbocycles. The highest BCUT2D eigenvalue weighted by molar-refractivity contribution is 6.18. The number of aryl methyl sites for hydroxylation is 3. The fourth-order valence-electron chi connectivity index (χ4n) is 4.31. The van der Waals surface area contributed by atoms with Crippen molar-refractivity contribution in [2.75, 3.05) is 0 Å². The van der Waals surface area contributed by atoms with E-state index in [9.17, 15) is 0 Å². The van der Waals surface area contributed by atoms with Gasteiger partial charge in [-0.15, -0.1) is 0 Å². The first-order chi connectivity index (χ1) is 14.7. The van der Waals surface area contributed by atoms with Crippen LogP contribution in [0, 0.1) is 0 Å². The number of nitrogens with one attached hydrogen (secondary N) is 3. The Hall–Kier alpha value is -2.37. The second kappa shape index (κ2) is 9.63. The van der Waals surface area contributed by atoms with E-state index in [0.717, 1.165) is 82.7 Å². The largest absolute Gasteiger partial charge is 0.340 e. The third-order valence-electron chi connectivity index (χ3n) is 6.02. The molecule has 4 aromatic rings. The third kappa shape index (κ3) is 4.23. The predicted molar refractivity (Wildman–Crippen MR) is 125 cm³/mol. The third-order valence-corrected chi connectivity index (χ3v) is 6.02. The molecule has 0 atom stereocenters. The molecule has 30 heavy (non-hydrogen) atoms. The summed E-state index contributed by atoms with van der Waals surface area (Å²) in [5.41, 5.74) is 6.11. The van der Waals surface area contributed by atoms with E-state index in [1.807, 2.05) is 0 Å². The van der Waals surface area contributed by atoms with Crippen LogP contribution in [0.5, 0.6) is 0 Å². The summed E-state index contributed by atoms with van der Waals surface area (Å²) in [6.07, 6.45) is 13.8. The molecule has 0 aliphatic carbocycles. The lowest BCUT2D eigenvalue weighted by Crippen LogP contribution is -1.88. The van der Waals surface area contributed by atoms with Crippen LogP contribution < -0.4 is 0 Å². The predicted octanol–water partition coefficient (Wildman–Crippen LogP) is 6.51. The molecular weight excluding hydrogens is 372 g/mol. The number of aromatic nitrogens is 6. The first-order valence-corrected chi connectivity index (χ1v) is 12.0. The molecule has 0 fully saturated rings. The molecule has 0 unspecified atom stereocenters. The van der Waals surface area contributed by atoms with Gasteiger partial charge in [0.1, 0.15) is 34.0 Å². The van der Waals surface area contributed by atoms with E-state index in [1.165, 1.54) is 44.9 Å². The van der Waals surface area contributed by atoms with E-state index >= 15 is 0 Å². The summed E-state index contributed by atoms with van der Waals surface area (Å²) in [7, 11) is 0. The summed E-state index contributed by atoms with van der Waals surface area (Å²) in [5, 5.41) is 0. The molecule has 0 bridgehead atoms. The number of hydrogen-bond acceptors (Lipinski definition) is 3. The van der Waals surface area contributed by atoms with Crippen LogP contribution in [0.15, 0.2) is 0 Å². The average Bonchev–Trinajstić information content (AvgIpc) is 3.44. The van der Waals surface area contributed by atoms with Crippen molar-refractivity contribution < 1.29 is 0 Å². The zero-order valence-corrected chi connectivity index (χ0v) is 18.8. The molecule has 0 amide bonds. The Morgan fingerprint density at radius 1 is 0.467 bits per heavy atom. The van der Waals surface area contributed by atoms with Crippen molar-refractivity contribution in [3.05, 3.63) is 17.5 Å². The maximum Gasteiger partial charge on any atom is 0.119 e. The van der Waals surface area contributed by atoms with E-state index in [0.29, 0.717) is 0 Å². The Kier molecular flexibility index (Phi) is 6.70. The monoisotopic (exact) mass is 408 g/mol. The molecule has 6 heteroatoms. The highest BCUT2D eigenvalue weighted by Crippen LogP contribution is 2.32. The highest BCUT2D eigenvalue weighted by atomic mass is 15.0. The zero-order valence-electron chi connectivity index (χ0n) is 18.8. The Morgan fingerprint density at radius 3 is 1.30 bits per heavy atom. The van der Waals surface area contributed by atoms with Crippen LogP contribution in [0.3, 0.4) is 0 Å². The molecule has 4 rings (SSSR count). The van der Waals surface area contributed by atoms with Crippen molar-refractivity contribution in [3.8, 4) is 0 Å². The number of unbranched alkanes of at least 4 members (excludes halogenated alkanes) is 6. The summed E-state index contributed by atoms with van der Waals surface area (Å²) in [6.45, 7) is 6.71. The van der Waals surface area contributed by atoms with Gasteiger partial charge in [-0.1, -0.05) is 59.3 Å². The second-order valence-electron chi connectivity index (χ2n) is 8.59. The van der Waals surface area contributed by atoms with Gasteiger partial charge >= 0.3 is 0 Å². The lowest BCUT2D eigenvalue weighted by molar-refractivity contribution is 0.700. The maximum atomic E-state index is 4.98. The number of nitrogens with zero attached hydrogens (tertiary/aromatic N) is 3. The first-order valence-electron chi connectivity index (χ1n) is 12.0. The molecule has 3 aromatic heterocycles. The standard InChI is InChI=1S/C24H36N6/c1-4-7-10-13-16-25-19-20(26-16)22-24(30-18(28-22)15-12-9-6-3)23-21(19)27-17(29-23)14-11-8-5-2/h4-15H2,1-3H3,(H,25,26)(H,27,29)(H,28,30). The van der Waals surface area contributed by atoms with Gasteiger partial charge in [0.2, 0.25) is 0 Å². The lowest BCUT2D eigenvalue weighted by Gasteiger charge is -1.95. The fraction of sp³-hybridized carbons (Fsp3) is 0.625. The molecule has 0 aliphatic rings. The molecule has 3 N–H and O–H groups in total. The SMILES string of the molecule is CCCCCc1nc2c3nc(CCCCC)[nH]c3c3[nH]c(CCCCC)nc3c2[nH]1. The van der Waals surface area contributed by atoms with Gasteiger partial charge in [-0.2, -0.15) is 0 Å². The number of rotatable bonds is 12. The highest BCUT2D eigenvalue weighted by Gasteiger charge is 2.19. The van der Waals surface area contributed by atoms with E-state index < -0.39 is 0 Å². The number of aromatic amines is 3. The number of H-pyrrole nitrogens is 3. The van der Waals surface area contributed by atoms with Gasteiger partial charge < -0.3 is 15.0 Å². The summed E-state index contributed by atoms with van der Waals surface area (Å²) >= 11 is 0. The smallest absolute Gasteiger partial charge is 0.119 e. The van der Waals surface area contributed by atoms with Gasteiger partial charge in [0, 0.05) is 19.3 Å². The maximum absolute atomic E-state index is 4.98. The molecule has 162 valence electrons. The molecular formula is C24H36N6. The van der Waals surface area contributed by atoms with Crippen molar-refractivity contribution in [2.45, 2.75) is 97.8 Å². The Balaban J connectivity index is 1.78. The van der Waals surface area contributed by atoms with E-state index in [4.69, 9.17) is 15.0 Å². The van der Waals surface area contributed by atoms with Crippen molar-refractivity contribution in [3.63, 3.8) is 0 Å².